The van der Waals surface area contributed by atoms with Crippen molar-refractivity contribution in [2.45, 2.75) is 39.5 Å². The summed E-state index contributed by atoms with van der Waals surface area (Å²) in [5.41, 5.74) is 0. The molecule has 0 aliphatic rings. The zero-order valence-electron chi connectivity index (χ0n) is 10.3. The number of carbonyl (C=O) groups is 2. The van der Waals surface area contributed by atoms with Gasteiger partial charge in [0.15, 0.2) is 0 Å². The number of amides is 2. The lowest BCUT2D eigenvalue weighted by atomic mass is 10.3. The quantitative estimate of drug-likeness (QED) is 0.658. The summed E-state index contributed by atoms with van der Waals surface area (Å²) in [6.07, 6.45) is 0.970. The Kier molecular flexibility index (Phi) is 8.39. The SMILES string of the molecule is CCCCN(SN(CCCC)C(=O)O)C(=O)O. The van der Waals surface area contributed by atoms with Gasteiger partial charge in [-0.3, -0.25) is 0 Å². The molecule has 0 aromatic carbocycles. The molecule has 0 spiro atoms. The molecule has 0 aromatic heterocycles. The van der Waals surface area contributed by atoms with Crippen LogP contribution in [-0.2, 0) is 0 Å². The van der Waals surface area contributed by atoms with Crippen molar-refractivity contribution < 1.29 is 19.8 Å². The average molecular weight is 264 g/mol. The lowest BCUT2D eigenvalue weighted by Crippen LogP contribution is -2.33. The summed E-state index contributed by atoms with van der Waals surface area (Å²) in [5, 5.41) is 17.9. The molecule has 0 aromatic rings. The minimum Gasteiger partial charge on any atom is -0.464 e. The third kappa shape index (κ3) is 6.93. The van der Waals surface area contributed by atoms with Crippen LogP contribution in [0.5, 0.6) is 0 Å². The Hall–Kier alpha value is -1.11. The lowest BCUT2D eigenvalue weighted by molar-refractivity contribution is 0.167. The highest BCUT2D eigenvalue weighted by Crippen LogP contribution is 2.18. The highest BCUT2D eigenvalue weighted by molar-refractivity contribution is 7.95. The number of carboxylic acid groups (broad SMARTS) is 2. The Morgan fingerprint density at radius 2 is 1.29 bits per heavy atom. The molecule has 0 bridgehead atoms. The van der Waals surface area contributed by atoms with Gasteiger partial charge in [-0.1, -0.05) is 26.7 Å². The second-order valence-corrected chi connectivity index (χ2v) is 4.60. The molecule has 0 rings (SSSR count). The summed E-state index contributed by atoms with van der Waals surface area (Å²) < 4.78 is 2.13. The Morgan fingerprint density at radius 3 is 1.53 bits per heavy atom. The third-order valence-corrected chi connectivity index (χ3v) is 3.13. The Balaban J connectivity index is 4.34. The van der Waals surface area contributed by atoms with Gasteiger partial charge in [0, 0.05) is 13.1 Å². The van der Waals surface area contributed by atoms with Gasteiger partial charge in [0.1, 0.15) is 0 Å². The van der Waals surface area contributed by atoms with Crippen LogP contribution in [0.1, 0.15) is 39.5 Å². The molecule has 17 heavy (non-hydrogen) atoms. The summed E-state index contributed by atoms with van der Waals surface area (Å²) in [6.45, 7) is 4.59. The number of hydrogen-bond donors (Lipinski definition) is 2. The van der Waals surface area contributed by atoms with Crippen LogP contribution in [0.2, 0.25) is 0 Å². The standard InChI is InChI=1S/C10H20N2O4S/c1-3-5-7-11(9(13)14)17-12(10(15)16)8-6-4-2/h3-8H2,1-2H3,(H,13,14)(H,15,16). The van der Waals surface area contributed by atoms with Gasteiger partial charge in [0.2, 0.25) is 0 Å². The predicted octanol–water partition coefficient (Wildman–Crippen LogP) is 3.11. The summed E-state index contributed by atoms with van der Waals surface area (Å²) in [4.78, 5) is 21.8. The van der Waals surface area contributed by atoms with Crippen molar-refractivity contribution in [2.24, 2.45) is 0 Å². The predicted molar refractivity (Wildman–Crippen MR) is 66.9 cm³/mol. The van der Waals surface area contributed by atoms with Crippen molar-refractivity contribution in [3.05, 3.63) is 0 Å². The fourth-order valence-electron chi connectivity index (χ4n) is 1.07. The van der Waals surface area contributed by atoms with E-state index in [1.165, 1.54) is 0 Å². The third-order valence-electron chi connectivity index (χ3n) is 2.05. The molecule has 0 saturated carbocycles. The minimum absolute atomic E-state index is 0.340. The number of unbranched alkanes of at least 4 members (excludes halogenated alkanes) is 2. The van der Waals surface area contributed by atoms with Gasteiger partial charge in [-0.25, -0.2) is 18.2 Å². The molecule has 0 unspecified atom stereocenters. The molecule has 0 atom stereocenters. The van der Waals surface area contributed by atoms with Gasteiger partial charge in [-0.05, 0) is 12.8 Å². The second kappa shape index (κ2) is 8.98. The maximum Gasteiger partial charge on any atom is 0.418 e. The molecule has 0 saturated heterocycles. The van der Waals surface area contributed by atoms with Crippen LogP contribution in [0, 0.1) is 0 Å². The first-order valence-electron chi connectivity index (χ1n) is 5.71. The van der Waals surface area contributed by atoms with E-state index in [1.807, 2.05) is 13.8 Å². The molecule has 100 valence electrons. The summed E-state index contributed by atoms with van der Waals surface area (Å²) in [5.74, 6) is 0. The molecule has 0 heterocycles. The number of nitrogens with zero attached hydrogens (tertiary/aromatic N) is 2. The highest BCUT2D eigenvalue weighted by Gasteiger charge is 2.20. The summed E-state index contributed by atoms with van der Waals surface area (Å²) >= 11 is 0.754. The zero-order valence-corrected chi connectivity index (χ0v) is 11.1. The molecule has 0 aliphatic carbocycles. The van der Waals surface area contributed by atoms with Crippen LogP contribution in [0.3, 0.4) is 0 Å². The van der Waals surface area contributed by atoms with Crippen LogP contribution in [0.4, 0.5) is 9.59 Å². The van der Waals surface area contributed by atoms with Crippen LogP contribution in [-0.4, -0.2) is 44.1 Å². The van der Waals surface area contributed by atoms with Crippen LogP contribution >= 0.6 is 12.1 Å². The van der Waals surface area contributed by atoms with Crippen molar-refractivity contribution in [1.29, 1.82) is 0 Å². The first-order chi connectivity index (χ1) is 8.02. The average Bonchev–Trinajstić information content (AvgIpc) is 2.27. The van der Waals surface area contributed by atoms with E-state index in [-0.39, 0.29) is 0 Å². The van der Waals surface area contributed by atoms with Gasteiger partial charge < -0.3 is 10.2 Å². The van der Waals surface area contributed by atoms with Crippen molar-refractivity contribution in [1.82, 2.24) is 8.61 Å². The molecule has 0 fully saturated rings. The van der Waals surface area contributed by atoms with Crippen LogP contribution < -0.4 is 0 Å². The molecular weight excluding hydrogens is 244 g/mol. The van der Waals surface area contributed by atoms with E-state index in [0.717, 1.165) is 46.4 Å². The molecule has 0 aliphatic heterocycles. The minimum atomic E-state index is -1.11. The monoisotopic (exact) mass is 264 g/mol. The molecule has 0 radical (unpaired) electrons. The summed E-state index contributed by atoms with van der Waals surface area (Å²) in [7, 11) is 0. The number of hydrogen-bond acceptors (Lipinski definition) is 3. The summed E-state index contributed by atoms with van der Waals surface area (Å²) in [6, 6.07) is 0. The van der Waals surface area contributed by atoms with E-state index in [9.17, 15) is 9.59 Å². The maximum atomic E-state index is 10.9. The van der Waals surface area contributed by atoms with E-state index in [4.69, 9.17) is 10.2 Å². The molecule has 6 nitrogen and oxygen atoms in total. The van der Waals surface area contributed by atoms with Crippen LogP contribution in [0.25, 0.3) is 0 Å². The molecule has 7 heteroatoms. The van der Waals surface area contributed by atoms with Gasteiger partial charge in [0.05, 0.1) is 12.1 Å². The van der Waals surface area contributed by atoms with Crippen molar-refractivity contribution >= 4 is 24.3 Å². The fraction of sp³-hybridized carbons (Fsp3) is 0.800. The van der Waals surface area contributed by atoms with Gasteiger partial charge in [0.25, 0.3) is 0 Å². The maximum absolute atomic E-state index is 10.9. The van der Waals surface area contributed by atoms with E-state index in [0.29, 0.717) is 13.1 Å². The Morgan fingerprint density at radius 1 is 0.941 bits per heavy atom. The fourth-order valence-corrected chi connectivity index (χ4v) is 1.86. The van der Waals surface area contributed by atoms with Crippen molar-refractivity contribution in [3.63, 3.8) is 0 Å². The van der Waals surface area contributed by atoms with E-state index >= 15 is 0 Å². The first kappa shape index (κ1) is 15.9. The molecular formula is C10H20N2O4S. The van der Waals surface area contributed by atoms with Crippen molar-refractivity contribution in [2.75, 3.05) is 13.1 Å². The van der Waals surface area contributed by atoms with Crippen molar-refractivity contribution in [3.8, 4) is 0 Å². The normalized spacial score (nSPS) is 10.0. The zero-order chi connectivity index (χ0) is 13.3. The first-order valence-corrected chi connectivity index (χ1v) is 6.44. The Labute approximate surface area is 106 Å². The van der Waals surface area contributed by atoms with Gasteiger partial charge in [-0.2, -0.15) is 0 Å². The highest BCUT2D eigenvalue weighted by atomic mass is 32.2. The van der Waals surface area contributed by atoms with Crippen LogP contribution in [0.15, 0.2) is 0 Å². The lowest BCUT2D eigenvalue weighted by Gasteiger charge is -2.24. The molecule has 2 N–H and O–H groups in total. The van der Waals surface area contributed by atoms with E-state index in [2.05, 4.69) is 0 Å². The number of rotatable bonds is 8. The van der Waals surface area contributed by atoms with Gasteiger partial charge >= 0.3 is 12.2 Å². The van der Waals surface area contributed by atoms with E-state index < -0.39 is 12.2 Å². The smallest absolute Gasteiger partial charge is 0.418 e. The van der Waals surface area contributed by atoms with Gasteiger partial charge in [-0.15, -0.1) is 0 Å². The second-order valence-electron chi connectivity index (χ2n) is 3.56. The molecule has 2 amide bonds. The van der Waals surface area contributed by atoms with E-state index in [1.54, 1.807) is 0 Å². The Bertz CT molecular complexity index is 226. The largest absolute Gasteiger partial charge is 0.464 e. The topological polar surface area (TPSA) is 81.1 Å².